The zero-order valence-electron chi connectivity index (χ0n) is 40.8. The number of hydrogen-bond acceptors (Lipinski definition) is 16. The second-order valence-corrected chi connectivity index (χ2v) is 18.2. The molecule has 21 heteroatoms. The topological polar surface area (TPSA) is 223 Å². The first-order chi connectivity index (χ1) is 35.6. The summed E-state index contributed by atoms with van der Waals surface area (Å²) >= 11 is 3.25. The molecular weight excluding hydrogens is 1000 g/mol. The number of amides is 1. The monoisotopic (exact) mass is 1060 g/mol. The Morgan fingerprint density at radius 3 is 1.93 bits per heavy atom. The summed E-state index contributed by atoms with van der Waals surface area (Å²) in [6.45, 7) is 6.08. The first-order valence-electron chi connectivity index (χ1n) is 24.1. The molecule has 0 bridgehead atoms. The van der Waals surface area contributed by atoms with Gasteiger partial charge in [-0.25, -0.2) is 24.4 Å². The van der Waals surface area contributed by atoms with Crippen molar-refractivity contribution in [1.82, 2.24) is 49.0 Å². The van der Waals surface area contributed by atoms with Crippen molar-refractivity contribution in [2.24, 2.45) is 14.1 Å². The molecule has 2 atom stereocenters. The van der Waals surface area contributed by atoms with Crippen molar-refractivity contribution in [3.63, 3.8) is 0 Å². The summed E-state index contributed by atoms with van der Waals surface area (Å²) in [5, 5.41) is 9.75. The first kappa shape index (κ1) is 50.3. The average molecular weight is 1060 g/mol. The number of pyridine rings is 4. The third kappa shape index (κ3) is 11.7. The van der Waals surface area contributed by atoms with Crippen LogP contribution in [0.15, 0.2) is 116 Å². The fourth-order valence-electron chi connectivity index (χ4n) is 8.77. The summed E-state index contributed by atoms with van der Waals surface area (Å²) < 4.78 is 40.2. The number of fused-ring (bicyclic) bond motifs is 4. The maximum absolute atomic E-state index is 13.2. The molecule has 11 heterocycles. The van der Waals surface area contributed by atoms with Crippen molar-refractivity contribution in [2.45, 2.75) is 71.1 Å². The predicted molar refractivity (Wildman–Crippen MR) is 275 cm³/mol. The van der Waals surface area contributed by atoms with Gasteiger partial charge in [0.15, 0.2) is 5.58 Å². The standard InChI is InChI=1S/C24H22N6O3.C23H28N4O6.C5H4BrN/c1-29-14-17(13-27-29)16-10-19-21-22(33-23(19)26-12-16)20(15-4-2-7-25-11-15)28-24(31)30(21)8-6-18-5-3-9-32-18;1-4-30-22(28)20-19(27(23(29)31-5-2)9-8-17-7-6-10-32-17)18-11-15(12-24-21(18)33-20)16-13-25-26(3)14-16;6-5-2-1-3-7-4-5/h2,4,7,10-14,18H,3,5-6,8-9H2,1H3;11-14,17H,4-10H2,1-3H3;1-4H. The second kappa shape index (κ2) is 23.3. The molecule has 20 nitrogen and oxygen atoms in total. The van der Waals surface area contributed by atoms with Crippen LogP contribution in [0.1, 0.15) is 62.9 Å². The van der Waals surface area contributed by atoms with Gasteiger partial charge < -0.3 is 27.8 Å². The first-order valence-corrected chi connectivity index (χ1v) is 24.9. The Kier molecular flexibility index (Phi) is 16.1. The molecule has 0 aliphatic carbocycles. The molecule has 1 amide bonds. The Labute approximate surface area is 427 Å². The minimum atomic E-state index is -0.667. The maximum atomic E-state index is 13.2. The van der Waals surface area contributed by atoms with Crippen LogP contribution in [-0.2, 0) is 39.6 Å². The molecule has 0 saturated carbocycles. The molecule has 0 radical (unpaired) electrons. The molecule has 73 heavy (non-hydrogen) atoms. The van der Waals surface area contributed by atoms with E-state index in [1.807, 2.05) is 62.9 Å². The number of hydrogen-bond donors (Lipinski definition) is 0. The third-order valence-corrected chi connectivity index (χ3v) is 12.7. The van der Waals surface area contributed by atoms with E-state index >= 15 is 0 Å². The smallest absolute Gasteiger partial charge is 0.414 e. The van der Waals surface area contributed by atoms with Crippen LogP contribution in [0.25, 0.3) is 66.8 Å². The van der Waals surface area contributed by atoms with E-state index in [2.05, 4.69) is 51.0 Å². The van der Waals surface area contributed by atoms with Crippen molar-refractivity contribution in [2.75, 3.05) is 37.9 Å². The molecule has 2 fully saturated rings. The molecular formula is C52H54BrN11O9. The van der Waals surface area contributed by atoms with Gasteiger partial charge in [-0.2, -0.15) is 15.2 Å². The van der Waals surface area contributed by atoms with Crippen molar-refractivity contribution < 1.29 is 37.4 Å². The van der Waals surface area contributed by atoms with Gasteiger partial charge in [0, 0.05) is 122 Å². The molecule has 0 spiro atoms. The minimum Gasteiger partial charge on any atom is -0.460 e. The molecule has 2 saturated heterocycles. The molecule has 2 unspecified atom stereocenters. The highest BCUT2D eigenvalue weighted by Crippen LogP contribution is 2.38. The van der Waals surface area contributed by atoms with Crippen LogP contribution in [0.5, 0.6) is 0 Å². The van der Waals surface area contributed by atoms with Crippen molar-refractivity contribution in [3.05, 3.63) is 119 Å². The molecule has 2 aliphatic rings. The van der Waals surface area contributed by atoms with Crippen LogP contribution in [0.4, 0.5) is 10.5 Å². The molecule has 9 aromatic heterocycles. The average Bonchev–Trinajstić information content (AvgIpc) is 4.28. The van der Waals surface area contributed by atoms with E-state index in [-0.39, 0.29) is 48.3 Å². The SMILES string of the molecule is Brc1cccnc1.CCOC(=O)c1oc2ncc(-c3cnn(C)c3)cc2c1N(CCC1CCCO1)C(=O)OCC.Cn1cc(-c2cnc3oc4c(-c5cccnc5)nc(=O)n(CCC5CCCO5)c4c3c2)cn1. The largest absolute Gasteiger partial charge is 0.460 e. The number of anilines is 1. The van der Waals surface area contributed by atoms with E-state index in [0.29, 0.717) is 54.0 Å². The number of nitrogens with zero attached hydrogens (tertiary/aromatic N) is 11. The summed E-state index contributed by atoms with van der Waals surface area (Å²) in [4.78, 5) is 61.8. The number of aromatic nitrogens is 10. The number of halogens is 1. The molecule has 2 aliphatic heterocycles. The van der Waals surface area contributed by atoms with Crippen molar-refractivity contribution >= 4 is 67.0 Å². The number of aryl methyl sites for hydroxylation is 3. The fraction of sp³-hybridized carbons (Fsp3) is 0.346. The van der Waals surface area contributed by atoms with Gasteiger partial charge >= 0.3 is 17.8 Å². The highest BCUT2D eigenvalue weighted by Gasteiger charge is 2.32. The number of esters is 1. The highest BCUT2D eigenvalue weighted by molar-refractivity contribution is 9.10. The second-order valence-electron chi connectivity index (χ2n) is 17.2. The Hall–Kier alpha value is -7.62. The Balaban J connectivity index is 0.000000158. The van der Waals surface area contributed by atoms with Gasteiger partial charge in [-0.15, -0.1) is 0 Å². The molecule has 9 aromatic rings. The summed E-state index contributed by atoms with van der Waals surface area (Å²) in [5.74, 6) is -0.747. The third-order valence-electron chi connectivity index (χ3n) is 12.2. The maximum Gasteiger partial charge on any atom is 0.414 e. The van der Waals surface area contributed by atoms with Crippen LogP contribution >= 0.6 is 15.9 Å². The molecule has 0 aromatic carbocycles. The van der Waals surface area contributed by atoms with Crippen LogP contribution in [-0.4, -0.2) is 106 Å². The van der Waals surface area contributed by atoms with Gasteiger partial charge in [0.2, 0.25) is 17.2 Å². The van der Waals surface area contributed by atoms with Crippen molar-refractivity contribution in [1.29, 1.82) is 0 Å². The number of carbonyl (C=O) groups excluding carboxylic acids is 2. The van der Waals surface area contributed by atoms with Gasteiger partial charge in [0.1, 0.15) is 16.9 Å². The Bertz CT molecular complexity index is 3380. The van der Waals surface area contributed by atoms with Gasteiger partial charge in [0.05, 0.1) is 48.6 Å². The number of rotatable bonds is 13. The number of carbonyl (C=O) groups is 2. The zero-order valence-corrected chi connectivity index (χ0v) is 42.4. The van der Waals surface area contributed by atoms with Crippen molar-refractivity contribution in [3.8, 4) is 33.5 Å². The number of ether oxygens (including phenoxy) is 4. The lowest BCUT2D eigenvalue weighted by atomic mass is 10.1. The van der Waals surface area contributed by atoms with Gasteiger partial charge in [-0.3, -0.25) is 28.8 Å². The molecule has 378 valence electrons. The van der Waals surface area contributed by atoms with Crippen LogP contribution in [0.2, 0.25) is 0 Å². The van der Waals surface area contributed by atoms with E-state index in [9.17, 15) is 14.4 Å². The minimum absolute atomic E-state index is 0.0511. The zero-order chi connectivity index (χ0) is 50.8. The predicted octanol–water partition coefficient (Wildman–Crippen LogP) is 9.35. The lowest BCUT2D eigenvalue weighted by Crippen LogP contribution is -2.35. The fourth-order valence-corrected chi connectivity index (χ4v) is 9.04. The summed E-state index contributed by atoms with van der Waals surface area (Å²) in [6, 6.07) is 11.3. The highest BCUT2D eigenvalue weighted by atomic mass is 79.9. The quantitative estimate of drug-likeness (QED) is 0.0981. The van der Waals surface area contributed by atoms with Crippen LogP contribution in [0, 0.1) is 0 Å². The van der Waals surface area contributed by atoms with Crippen LogP contribution < -0.4 is 10.6 Å². The van der Waals surface area contributed by atoms with Crippen LogP contribution in [0.3, 0.4) is 0 Å². The van der Waals surface area contributed by atoms with E-state index in [1.54, 1.807) is 77.4 Å². The molecule has 11 rings (SSSR count). The molecule has 0 N–H and O–H groups in total. The Morgan fingerprint density at radius 1 is 0.753 bits per heavy atom. The van der Waals surface area contributed by atoms with Gasteiger partial charge in [-0.1, -0.05) is 0 Å². The number of furan rings is 2. The van der Waals surface area contributed by atoms with E-state index in [4.69, 9.17) is 27.8 Å². The summed E-state index contributed by atoms with van der Waals surface area (Å²) in [6.07, 6.45) is 22.5. The van der Waals surface area contributed by atoms with Gasteiger partial charge in [0.25, 0.3) is 0 Å². The summed E-state index contributed by atoms with van der Waals surface area (Å²) in [7, 11) is 3.70. The van der Waals surface area contributed by atoms with E-state index in [1.165, 1.54) is 4.90 Å². The lowest BCUT2D eigenvalue weighted by molar-refractivity contribution is 0.0493. The Morgan fingerprint density at radius 2 is 1.38 bits per heavy atom. The van der Waals surface area contributed by atoms with E-state index in [0.717, 1.165) is 76.4 Å². The normalized spacial score (nSPS) is 15.2. The van der Waals surface area contributed by atoms with E-state index < -0.39 is 12.1 Å². The van der Waals surface area contributed by atoms with Gasteiger partial charge in [-0.05, 0) is 105 Å². The lowest BCUT2D eigenvalue weighted by Gasteiger charge is -2.23. The summed E-state index contributed by atoms with van der Waals surface area (Å²) in [5.41, 5.74) is 6.53.